The first-order valence-corrected chi connectivity index (χ1v) is 9.59. The molecule has 0 fully saturated rings. The largest absolute Gasteiger partial charge is 0.478 e. The number of carbonyl (C=O) groups excluding carboxylic acids is 1. The summed E-state index contributed by atoms with van der Waals surface area (Å²) in [5.41, 5.74) is 11.0. The van der Waals surface area contributed by atoms with E-state index >= 15 is 0 Å². The van der Waals surface area contributed by atoms with E-state index in [-0.39, 0.29) is 0 Å². The number of ether oxygens (including phenoxy) is 1. The fourth-order valence-corrected chi connectivity index (χ4v) is 3.33. The minimum Gasteiger partial charge on any atom is -0.478 e. The highest BCUT2D eigenvalue weighted by Crippen LogP contribution is 2.36. The van der Waals surface area contributed by atoms with E-state index in [2.05, 4.69) is 19.9 Å². The zero-order valence-corrected chi connectivity index (χ0v) is 17.6. The first-order chi connectivity index (χ1) is 13.8. The highest BCUT2D eigenvalue weighted by Gasteiger charge is 2.22. The number of primary amides is 1. The van der Waals surface area contributed by atoms with Gasteiger partial charge in [0.25, 0.3) is 5.91 Å². The number of nitrogens with zero attached hydrogens (tertiary/aromatic N) is 4. The van der Waals surface area contributed by atoms with Crippen LogP contribution in [0.25, 0.3) is 22.2 Å². The van der Waals surface area contributed by atoms with Crippen molar-refractivity contribution in [3.05, 3.63) is 35.8 Å². The van der Waals surface area contributed by atoms with Crippen molar-refractivity contribution in [2.75, 3.05) is 45.7 Å². The molecule has 3 rings (SSSR count). The minimum atomic E-state index is -0.487. The lowest BCUT2D eigenvalue weighted by atomic mass is 9.99. The minimum absolute atomic E-state index is 0.443. The molecule has 0 saturated carbocycles. The number of carbonyl (C=O) groups is 1. The maximum absolute atomic E-state index is 12.3. The lowest BCUT2D eigenvalue weighted by Gasteiger charge is -2.24. The van der Waals surface area contributed by atoms with Crippen LogP contribution in [0, 0.1) is 6.92 Å². The van der Waals surface area contributed by atoms with Crippen LogP contribution >= 0.6 is 0 Å². The Morgan fingerprint density at radius 2 is 1.97 bits per heavy atom. The third-order valence-electron chi connectivity index (χ3n) is 4.84. The maximum Gasteiger partial charge on any atom is 0.253 e. The molecule has 2 heterocycles. The number of nitrogens with two attached hydrogens (primary N) is 1. The van der Waals surface area contributed by atoms with Crippen LogP contribution in [-0.2, 0) is 0 Å². The normalized spacial score (nSPS) is 11.2. The third-order valence-corrected chi connectivity index (χ3v) is 4.84. The molecule has 1 aromatic carbocycles. The Labute approximate surface area is 170 Å². The number of pyridine rings is 1. The predicted octanol–water partition coefficient (Wildman–Crippen LogP) is 2.43. The second kappa shape index (κ2) is 8.48. The molecule has 8 nitrogen and oxygen atoms in total. The molecule has 0 atom stereocenters. The SMILES string of the molecule is CCOc1ncc(-c2cc(N(C)CCN(C)C)c(C(N)=O)c3[nH]cnc23)cc1C. The van der Waals surface area contributed by atoms with E-state index in [9.17, 15) is 4.79 Å². The summed E-state index contributed by atoms with van der Waals surface area (Å²) in [4.78, 5) is 28.4. The molecule has 0 unspecified atom stereocenters. The van der Waals surface area contributed by atoms with Crippen molar-refractivity contribution in [3.8, 4) is 17.0 Å². The molecule has 0 aliphatic heterocycles. The van der Waals surface area contributed by atoms with Crippen LogP contribution in [0.3, 0.4) is 0 Å². The molecule has 3 N–H and O–H groups in total. The molecule has 0 aliphatic rings. The van der Waals surface area contributed by atoms with Crippen LogP contribution in [0.15, 0.2) is 24.7 Å². The number of aromatic nitrogens is 3. The number of likely N-dealkylation sites (N-methyl/N-ethyl adjacent to an activating group) is 2. The number of aromatic amines is 1. The summed E-state index contributed by atoms with van der Waals surface area (Å²) in [5.74, 6) is 0.130. The van der Waals surface area contributed by atoms with Gasteiger partial charge in [-0.3, -0.25) is 4.79 Å². The van der Waals surface area contributed by atoms with E-state index in [1.54, 1.807) is 12.5 Å². The Bertz CT molecular complexity index is 1030. The molecule has 29 heavy (non-hydrogen) atoms. The second-order valence-electron chi connectivity index (χ2n) is 7.31. The summed E-state index contributed by atoms with van der Waals surface area (Å²) in [5, 5.41) is 0. The van der Waals surface area contributed by atoms with Crippen LogP contribution < -0.4 is 15.4 Å². The van der Waals surface area contributed by atoms with Gasteiger partial charge in [-0.05, 0) is 40.1 Å². The summed E-state index contributed by atoms with van der Waals surface area (Å²) in [6, 6.07) is 3.99. The Balaban J connectivity index is 2.18. The monoisotopic (exact) mass is 396 g/mol. The van der Waals surface area contributed by atoms with Gasteiger partial charge in [-0.25, -0.2) is 9.97 Å². The van der Waals surface area contributed by atoms with E-state index in [4.69, 9.17) is 10.5 Å². The lowest BCUT2D eigenvalue weighted by Crippen LogP contribution is -2.30. The van der Waals surface area contributed by atoms with E-state index in [0.717, 1.165) is 35.5 Å². The van der Waals surface area contributed by atoms with Crippen molar-refractivity contribution in [3.63, 3.8) is 0 Å². The maximum atomic E-state index is 12.3. The number of H-pyrrole nitrogens is 1. The number of rotatable bonds is 8. The topological polar surface area (TPSA) is 100 Å². The van der Waals surface area contributed by atoms with Crippen molar-refractivity contribution in [1.29, 1.82) is 0 Å². The standard InChI is InChI=1S/C21H28N6O2/c1-6-29-21-13(2)9-14(11-23-21)15-10-16(27(5)8-7-26(3)4)17(20(22)28)19-18(15)24-12-25-19/h9-12H,6-8H2,1-5H3,(H2,22,28)(H,24,25). The van der Waals surface area contributed by atoms with Gasteiger partial charge in [0.15, 0.2) is 0 Å². The van der Waals surface area contributed by atoms with Crippen LogP contribution in [-0.4, -0.2) is 66.6 Å². The number of amides is 1. The fourth-order valence-electron chi connectivity index (χ4n) is 3.33. The van der Waals surface area contributed by atoms with E-state index in [1.807, 2.05) is 52.0 Å². The average molecular weight is 396 g/mol. The molecule has 0 bridgehead atoms. The quantitative estimate of drug-likeness (QED) is 0.607. The van der Waals surface area contributed by atoms with E-state index < -0.39 is 5.91 Å². The van der Waals surface area contributed by atoms with Gasteiger partial charge in [0, 0.05) is 43.0 Å². The van der Waals surface area contributed by atoms with Gasteiger partial charge in [0.2, 0.25) is 5.88 Å². The van der Waals surface area contributed by atoms with Crippen LogP contribution in [0.1, 0.15) is 22.8 Å². The molecule has 8 heteroatoms. The number of hydrogen-bond acceptors (Lipinski definition) is 6. The molecule has 0 radical (unpaired) electrons. The van der Waals surface area contributed by atoms with Gasteiger partial charge >= 0.3 is 0 Å². The van der Waals surface area contributed by atoms with E-state index in [1.165, 1.54) is 0 Å². The smallest absolute Gasteiger partial charge is 0.253 e. The molecule has 154 valence electrons. The Kier molecular flexibility index (Phi) is 6.03. The molecule has 0 spiro atoms. The van der Waals surface area contributed by atoms with Gasteiger partial charge in [0.1, 0.15) is 0 Å². The first kappa shape index (κ1) is 20.6. The molecule has 0 saturated heterocycles. The first-order valence-electron chi connectivity index (χ1n) is 9.59. The van der Waals surface area contributed by atoms with Crippen molar-refractivity contribution < 1.29 is 9.53 Å². The summed E-state index contributed by atoms with van der Waals surface area (Å²) < 4.78 is 5.56. The van der Waals surface area contributed by atoms with Crippen LogP contribution in [0.5, 0.6) is 5.88 Å². The molecular weight excluding hydrogens is 368 g/mol. The van der Waals surface area contributed by atoms with E-state index in [0.29, 0.717) is 29.1 Å². The average Bonchev–Trinajstić information content (AvgIpc) is 3.15. The number of aryl methyl sites for hydroxylation is 1. The van der Waals surface area contributed by atoms with Gasteiger partial charge in [-0.1, -0.05) is 0 Å². The van der Waals surface area contributed by atoms with Crippen molar-refractivity contribution >= 4 is 22.6 Å². The van der Waals surface area contributed by atoms with Crippen LogP contribution in [0.4, 0.5) is 5.69 Å². The molecule has 3 aromatic rings. The zero-order chi connectivity index (χ0) is 21.1. The van der Waals surface area contributed by atoms with Crippen molar-refractivity contribution in [2.45, 2.75) is 13.8 Å². The number of nitrogens with one attached hydrogen (secondary N) is 1. The Hall–Kier alpha value is -3.13. The predicted molar refractivity (Wildman–Crippen MR) is 116 cm³/mol. The number of imidazole rings is 1. The second-order valence-corrected chi connectivity index (χ2v) is 7.31. The summed E-state index contributed by atoms with van der Waals surface area (Å²) in [7, 11) is 5.99. The summed E-state index contributed by atoms with van der Waals surface area (Å²) >= 11 is 0. The molecule has 1 amide bonds. The number of anilines is 1. The van der Waals surface area contributed by atoms with Crippen LogP contribution in [0.2, 0.25) is 0 Å². The highest BCUT2D eigenvalue weighted by molar-refractivity contribution is 6.12. The Morgan fingerprint density at radius 3 is 2.59 bits per heavy atom. The zero-order valence-electron chi connectivity index (χ0n) is 17.6. The van der Waals surface area contributed by atoms with Gasteiger partial charge in [-0.15, -0.1) is 0 Å². The summed E-state index contributed by atoms with van der Waals surface area (Å²) in [6.07, 6.45) is 3.36. The highest BCUT2D eigenvalue weighted by atomic mass is 16.5. The Morgan fingerprint density at radius 1 is 1.21 bits per heavy atom. The van der Waals surface area contributed by atoms with Gasteiger partial charge < -0.3 is 25.3 Å². The summed E-state index contributed by atoms with van der Waals surface area (Å²) in [6.45, 7) is 6.04. The third kappa shape index (κ3) is 4.17. The van der Waals surface area contributed by atoms with Crippen molar-refractivity contribution in [1.82, 2.24) is 19.9 Å². The lowest BCUT2D eigenvalue weighted by molar-refractivity contribution is 0.100. The van der Waals surface area contributed by atoms with Crippen molar-refractivity contribution in [2.24, 2.45) is 5.73 Å². The molecule has 2 aromatic heterocycles. The molecular formula is C21H28N6O2. The number of benzene rings is 1. The number of fused-ring (bicyclic) bond motifs is 1. The fraction of sp³-hybridized carbons (Fsp3) is 0.381. The van der Waals surface area contributed by atoms with Gasteiger partial charge in [-0.2, -0.15) is 0 Å². The number of hydrogen-bond donors (Lipinski definition) is 2. The van der Waals surface area contributed by atoms with Gasteiger partial charge in [0.05, 0.1) is 35.2 Å². The molecule has 0 aliphatic carbocycles.